The summed E-state index contributed by atoms with van der Waals surface area (Å²) >= 11 is 0. The van der Waals surface area contributed by atoms with E-state index in [-0.39, 0.29) is 12.0 Å². The lowest BCUT2D eigenvalue weighted by molar-refractivity contribution is 0.0333. The molecule has 5 rings (SSSR count). The minimum absolute atomic E-state index is 0.134. The SMILES string of the molecule is CC(C)(C)N1Cc2cc(Nc3nn(C4COCCC4C#N)c4c3CN=CC4)ccc2S1(=O)=O. The van der Waals surface area contributed by atoms with Gasteiger partial charge in [0.1, 0.15) is 0 Å². The van der Waals surface area contributed by atoms with E-state index < -0.39 is 15.6 Å². The van der Waals surface area contributed by atoms with Gasteiger partial charge in [-0.1, -0.05) is 0 Å². The van der Waals surface area contributed by atoms with Crippen molar-refractivity contribution in [1.29, 1.82) is 5.26 Å². The van der Waals surface area contributed by atoms with Crippen LogP contribution in [0, 0.1) is 17.2 Å². The number of anilines is 2. The number of hydrogen-bond donors (Lipinski definition) is 1. The third-order valence-corrected chi connectivity index (χ3v) is 8.75. The van der Waals surface area contributed by atoms with Crippen molar-refractivity contribution in [3.63, 3.8) is 0 Å². The van der Waals surface area contributed by atoms with E-state index in [9.17, 15) is 13.7 Å². The summed E-state index contributed by atoms with van der Waals surface area (Å²) in [6.45, 7) is 7.61. The maximum absolute atomic E-state index is 13.0. The highest BCUT2D eigenvalue weighted by atomic mass is 32.2. The van der Waals surface area contributed by atoms with Crippen LogP contribution in [0.1, 0.15) is 50.1 Å². The van der Waals surface area contributed by atoms with Crippen molar-refractivity contribution in [2.24, 2.45) is 10.9 Å². The smallest absolute Gasteiger partial charge is 0.244 e. The highest BCUT2D eigenvalue weighted by molar-refractivity contribution is 7.89. The van der Waals surface area contributed by atoms with Crippen LogP contribution in [0.4, 0.5) is 11.5 Å². The Bertz CT molecular complexity index is 1270. The van der Waals surface area contributed by atoms with Crippen molar-refractivity contribution < 1.29 is 13.2 Å². The van der Waals surface area contributed by atoms with Gasteiger partial charge < -0.3 is 10.1 Å². The molecule has 0 bridgehead atoms. The highest BCUT2D eigenvalue weighted by Crippen LogP contribution is 2.38. The third-order valence-electron chi connectivity index (χ3n) is 6.54. The van der Waals surface area contributed by atoms with Gasteiger partial charge in [-0.25, -0.2) is 8.42 Å². The minimum Gasteiger partial charge on any atom is -0.379 e. The molecule has 10 heteroatoms. The van der Waals surface area contributed by atoms with E-state index in [1.54, 1.807) is 12.1 Å². The normalized spacial score (nSPS) is 24.2. The Morgan fingerprint density at radius 2 is 2.12 bits per heavy atom. The first-order valence-electron chi connectivity index (χ1n) is 11.2. The van der Waals surface area contributed by atoms with Gasteiger partial charge in [0.25, 0.3) is 0 Å². The molecule has 1 fully saturated rings. The van der Waals surface area contributed by atoms with Crippen molar-refractivity contribution in [2.75, 3.05) is 18.5 Å². The molecule has 1 aromatic carbocycles. The number of fused-ring (bicyclic) bond motifs is 2. The van der Waals surface area contributed by atoms with Crippen LogP contribution in [-0.4, -0.2) is 47.5 Å². The zero-order valence-electron chi connectivity index (χ0n) is 19.1. The lowest BCUT2D eigenvalue weighted by Gasteiger charge is -2.29. The Labute approximate surface area is 194 Å². The number of nitrogens with one attached hydrogen (secondary N) is 1. The lowest BCUT2D eigenvalue weighted by Crippen LogP contribution is -2.41. The fourth-order valence-corrected chi connectivity index (χ4v) is 6.77. The maximum Gasteiger partial charge on any atom is 0.244 e. The summed E-state index contributed by atoms with van der Waals surface area (Å²) < 4.78 is 35.1. The molecule has 33 heavy (non-hydrogen) atoms. The summed E-state index contributed by atoms with van der Waals surface area (Å²) in [6.07, 6.45) is 3.23. The number of nitriles is 1. The van der Waals surface area contributed by atoms with Crippen LogP contribution < -0.4 is 5.32 Å². The number of nitrogens with zero attached hydrogens (tertiary/aromatic N) is 5. The second-order valence-electron chi connectivity index (χ2n) is 9.74. The van der Waals surface area contributed by atoms with E-state index >= 15 is 0 Å². The van der Waals surface area contributed by atoms with E-state index in [0.717, 1.165) is 22.5 Å². The van der Waals surface area contributed by atoms with Crippen LogP contribution in [0.15, 0.2) is 28.1 Å². The first kappa shape index (κ1) is 22.1. The van der Waals surface area contributed by atoms with E-state index in [2.05, 4.69) is 16.4 Å². The van der Waals surface area contributed by atoms with Gasteiger partial charge in [-0.05, 0) is 51.0 Å². The second kappa shape index (κ2) is 7.94. The first-order chi connectivity index (χ1) is 15.7. The largest absolute Gasteiger partial charge is 0.379 e. The fraction of sp³-hybridized carbons (Fsp3) is 0.522. The minimum atomic E-state index is -3.51. The summed E-state index contributed by atoms with van der Waals surface area (Å²) in [7, 11) is -3.51. The van der Waals surface area contributed by atoms with Gasteiger partial charge in [0.2, 0.25) is 10.0 Å². The van der Waals surface area contributed by atoms with Gasteiger partial charge in [0, 0.05) is 42.6 Å². The molecule has 3 aliphatic heterocycles. The van der Waals surface area contributed by atoms with Gasteiger partial charge in [0.15, 0.2) is 5.82 Å². The molecule has 0 amide bonds. The molecule has 1 saturated heterocycles. The van der Waals surface area contributed by atoms with Crippen LogP contribution in [0.3, 0.4) is 0 Å². The molecule has 0 radical (unpaired) electrons. The van der Waals surface area contributed by atoms with Crippen molar-refractivity contribution in [1.82, 2.24) is 14.1 Å². The first-order valence-corrected chi connectivity index (χ1v) is 12.6. The third kappa shape index (κ3) is 3.74. The predicted molar refractivity (Wildman–Crippen MR) is 124 cm³/mol. The van der Waals surface area contributed by atoms with Crippen LogP contribution in [0.5, 0.6) is 0 Å². The highest BCUT2D eigenvalue weighted by Gasteiger charge is 2.41. The van der Waals surface area contributed by atoms with Crippen molar-refractivity contribution in [3.8, 4) is 6.07 Å². The molecule has 2 unspecified atom stereocenters. The maximum atomic E-state index is 13.0. The van der Waals surface area contributed by atoms with E-state index in [1.165, 1.54) is 4.31 Å². The summed E-state index contributed by atoms with van der Waals surface area (Å²) in [6, 6.07) is 7.61. The second-order valence-corrected chi connectivity index (χ2v) is 11.6. The zero-order valence-corrected chi connectivity index (χ0v) is 19.9. The summed E-state index contributed by atoms with van der Waals surface area (Å²) in [5, 5.41) is 17.9. The number of aliphatic imine (C=N–C) groups is 1. The van der Waals surface area contributed by atoms with Crippen LogP contribution in [0.2, 0.25) is 0 Å². The topological polar surface area (TPSA) is 113 Å². The molecule has 2 aromatic rings. The molecule has 3 aliphatic rings. The van der Waals surface area contributed by atoms with E-state index in [0.29, 0.717) is 49.9 Å². The molecule has 1 aromatic heterocycles. The van der Waals surface area contributed by atoms with Gasteiger partial charge in [0.05, 0.1) is 41.8 Å². The molecule has 9 nitrogen and oxygen atoms in total. The summed E-state index contributed by atoms with van der Waals surface area (Å²) in [5.41, 5.74) is 3.10. The number of ether oxygens (including phenoxy) is 1. The molecular weight excluding hydrogens is 440 g/mol. The van der Waals surface area contributed by atoms with Gasteiger partial charge in [-0.3, -0.25) is 9.67 Å². The lowest BCUT2D eigenvalue weighted by atomic mass is 9.96. The number of hydrogen-bond acceptors (Lipinski definition) is 7. The standard InChI is InChI=1S/C23H28N6O3S/c1-23(2,3)28-13-16-10-17(4-5-21(16)33(28,30)31)26-22-18-12-25-8-6-19(18)29(27-22)20-14-32-9-7-15(20)11-24/h4-5,8,10,15,20H,6-7,9,12-14H2,1-3H3,(H,26,27). The Kier molecular flexibility index (Phi) is 5.31. The molecule has 0 aliphatic carbocycles. The van der Waals surface area contributed by atoms with Crippen LogP contribution in [-0.2, 0) is 34.3 Å². The van der Waals surface area contributed by atoms with Crippen molar-refractivity contribution in [3.05, 3.63) is 35.0 Å². The fourth-order valence-electron chi connectivity index (χ4n) is 4.81. The molecule has 0 saturated carbocycles. The summed E-state index contributed by atoms with van der Waals surface area (Å²) in [4.78, 5) is 4.79. The molecule has 2 atom stereocenters. The van der Waals surface area contributed by atoms with Crippen LogP contribution in [0.25, 0.3) is 0 Å². The summed E-state index contributed by atoms with van der Waals surface area (Å²) in [5.74, 6) is 0.542. The monoisotopic (exact) mass is 468 g/mol. The Balaban J connectivity index is 1.48. The quantitative estimate of drug-likeness (QED) is 0.740. The number of sulfonamides is 1. The van der Waals surface area contributed by atoms with E-state index in [4.69, 9.17) is 9.84 Å². The van der Waals surface area contributed by atoms with E-state index in [1.807, 2.05) is 37.7 Å². The number of benzene rings is 1. The molecule has 1 N–H and O–H groups in total. The Morgan fingerprint density at radius 1 is 1.30 bits per heavy atom. The van der Waals surface area contributed by atoms with Crippen LogP contribution >= 0.6 is 0 Å². The van der Waals surface area contributed by atoms with Crippen molar-refractivity contribution in [2.45, 2.75) is 63.2 Å². The molecule has 0 spiro atoms. The van der Waals surface area contributed by atoms with Gasteiger partial charge >= 0.3 is 0 Å². The zero-order chi connectivity index (χ0) is 23.4. The predicted octanol–water partition coefficient (Wildman–Crippen LogP) is 3.16. The number of aromatic nitrogens is 2. The molecule has 174 valence electrons. The van der Waals surface area contributed by atoms with Gasteiger partial charge in [-0.15, -0.1) is 0 Å². The van der Waals surface area contributed by atoms with Gasteiger partial charge in [-0.2, -0.15) is 14.7 Å². The molecular formula is C23H28N6O3S. The van der Waals surface area contributed by atoms with Crippen molar-refractivity contribution >= 4 is 27.7 Å². The average Bonchev–Trinajstić information content (AvgIpc) is 3.28. The average molecular weight is 469 g/mol. The Morgan fingerprint density at radius 3 is 2.88 bits per heavy atom. The molecule has 4 heterocycles. The number of rotatable bonds is 3. The Hall–Kier alpha value is -2.74.